The van der Waals surface area contributed by atoms with E-state index in [2.05, 4.69) is 0 Å². The van der Waals surface area contributed by atoms with Crippen LogP contribution in [0.5, 0.6) is 5.75 Å². The van der Waals surface area contributed by atoms with Crippen molar-refractivity contribution in [3.8, 4) is 5.75 Å². The molecule has 1 aromatic carbocycles. The summed E-state index contributed by atoms with van der Waals surface area (Å²) < 4.78 is 68.2. The van der Waals surface area contributed by atoms with E-state index in [1.54, 1.807) is 42.5 Å². The van der Waals surface area contributed by atoms with E-state index in [-0.39, 0.29) is 50.3 Å². The first kappa shape index (κ1) is 31.5. The molecular formula is C32H40F4N2O5. The van der Waals surface area contributed by atoms with Crippen molar-refractivity contribution in [2.75, 3.05) is 39.9 Å². The number of hydrogen-bond donors (Lipinski definition) is 1. The third kappa shape index (κ3) is 5.94. The number of halogens is 4. The molecule has 1 N–H and O–H groups in total. The number of aliphatic hydroxyl groups is 1. The maximum atomic E-state index is 16.7. The molecule has 0 radical (unpaired) electrons. The molecule has 2 aliphatic heterocycles. The fourth-order valence-corrected chi connectivity index (χ4v) is 6.96. The standard InChI is InChI=1S/C32H40F4N2O5/c1-29(28(41)42-2)18-24(39)19-38(29)27(40)31(33)15-4-3-6-26(31)23-7-9-25(10-8-23)43-20-22-11-16-37(17-12-22)21-30(13-5-14-30)32(34,35)36/h3-4,6-10,22,24,39H,5,11-21H2,1-2H3/t24-,29+,31?/m1/s1. The van der Waals surface area contributed by atoms with Gasteiger partial charge in [0.15, 0.2) is 0 Å². The summed E-state index contributed by atoms with van der Waals surface area (Å²) in [5, 5.41) is 10.3. The first-order chi connectivity index (χ1) is 20.3. The molecule has 5 rings (SSSR count). The van der Waals surface area contributed by atoms with E-state index in [0.717, 1.165) is 17.7 Å². The zero-order chi connectivity index (χ0) is 31.0. The predicted molar refractivity (Wildman–Crippen MR) is 152 cm³/mol. The van der Waals surface area contributed by atoms with Crippen molar-refractivity contribution in [2.24, 2.45) is 11.3 Å². The fraction of sp³-hybridized carbons (Fsp3) is 0.625. The van der Waals surface area contributed by atoms with Crippen LogP contribution in [0.3, 0.4) is 0 Å². The second-order valence-corrected chi connectivity index (χ2v) is 12.7. The number of amides is 1. The molecule has 0 spiro atoms. The SMILES string of the molecule is COC(=O)[C@]1(C)C[C@@H](O)CN1C(=O)C1(F)CC=CC=C1c1ccc(OCC2CCN(CC3(C(F)(F)F)CCC3)CC2)cc1. The van der Waals surface area contributed by atoms with E-state index in [4.69, 9.17) is 9.47 Å². The molecule has 1 aromatic rings. The number of ether oxygens (including phenoxy) is 2. The summed E-state index contributed by atoms with van der Waals surface area (Å²) in [6.45, 7) is 3.03. The molecule has 4 aliphatic rings. The lowest BCUT2D eigenvalue weighted by molar-refractivity contribution is -0.256. The number of nitrogens with zero attached hydrogens (tertiary/aromatic N) is 2. The van der Waals surface area contributed by atoms with Crippen LogP contribution >= 0.6 is 0 Å². The minimum atomic E-state index is -4.16. The number of β-amino-alcohol motifs (C(OH)–C–C–N with tert-alkyl or cyclic N) is 1. The number of aliphatic hydroxyl groups excluding tert-OH is 1. The van der Waals surface area contributed by atoms with Crippen molar-refractivity contribution in [2.45, 2.75) is 75.4 Å². The van der Waals surface area contributed by atoms with Crippen LogP contribution in [0, 0.1) is 11.3 Å². The molecule has 7 nitrogen and oxygen atoms in total. The first-order valence-corrected chi connectivity index (χ1v) is 15.0. The number of piperidine rings is 1. The Balaban J connectivity index is 1.19. The topological polar surface area (TPSA) is 79.3 Å². The lowest BCUT2D eigenvalue weighted by atomic mass is 9.67. The van der Waals surface area contributed by atoms with Crippen LogP contribution in [0.1, 0.15) is 57.4 Å². The second-order valence-electron chi connectivity index (χ2n) is 12.7. The number of allylic oxidation sites excluding steroid dienone is 3. The smallest absolute Gasteiger partial charge is 0.395 e. The minimum Gasteiger partial charge on any atom is -0.493 e. The molecule has 3 fully saturated rings. The normalized spacial score (nSPS) is 29.6. The molecule has 0 aromatic heterocycles. The van der Waals surface area contributed by atoms with E-state index < -0.39 is 40.8 Å². The van der Waals surface area contributed by atoms with Crippen molar-refractivity contribution >= 4 is 17.4 Å². The Kier molecular flexibility index (Phi) is 8.70. The lowest BCUT2D eigenvalue weighted by Gasteiger charge is -2.47. The third-order valence-electron chi connectivity index (χ3n) is 9.85. The number of esters is 1. The molecular weight excluding hydrogens is 568 g/mol. The van der Waals surface area contributed by atoms with E-state index in [9.17, 15) is 27.9 Å². The minimum absolute atomic E-state index is 0.0459. The number of benzene rings is 1. The highest BCUT2D eigenvalue weighted by Gasteiger charge is 2.59. The molecule has 2 heterocycles. The van der Waals surface area contributed by atoms with Gasteiger partial charge in [0.25, 0.3) is 5.91 Å². The van der Waals surface area contributed by atoms with Crippen molar-refractivity contribution < 1.29 is 41.7 Å². The highest BCUT2D eigenvalue weighted by molar-refractivity contribution is 6.03. The summed E-state index contributed by atoms with van der Waals surface area (Å²) in [7, 11) is 1.19. The van der Waals surface area contributed by atoms with Crippen molar-refractivity contribution in [3.63, 3.8) is 0 Å². The van der Waals surface area contributed by atoms with E-state index in [1.165, 1.54) is 14.0 Å². The predicted octanol–water partition coefficient (Wildman–Crippen LogP) is 5.09. The van der Waals surface area contributed by atoms with Gasteiger partial charge in [0.1, 0.15) is 11.3 Å². The largest absolute Gasteiger partial charge is 0.493 e. The Morgan fingerprint density at radius 3 is 2.37 bits per heavy atom. The Bertz CT molecular complexity index is 1250. The van der Waals surface area contributed by atoms with Gasteiger partial charge in [-0.05, 0) is 69.3 Å². The van der Waals surface area contributed by atoms with Gasteiger partial charge in [0, 0.05) is 31.5 Å². The molecule has 11 heteroatoms. The van der Waals surface area contributed by atoms with Crippen LogP contribution < -0.4 is 4.74 Å². The molecule has 43 heavy (non-hydrogen) atoms. The van der Waals surface area contributed by atoms with Gasteiger partial charge in [-0.15, -0.1) is 0 Å². The van der Waals surface area contributed by atoms with Gasteiger partial charge in [0.2, 0.25) is 5.67 Å². The lowest BCUT2D eigenvalue weighted by Crippen LogP contribution is -2.57. The monoisotopic (exact) mass is 608 g/mol. The number of hydrogen-bond acceptors (Lipinski definition) is 6. The summed E-state index contributed by atoms with van der Waals surface area (Å²) in [6.07, 6.45) is 1.96. The van der Waals surface area contributed by atoms with Crippen LogP contribution in [0.2, 0.25) is 0 Å². The molecule has 236 valence electrons. The molecule has 2 saturated heterocycles. The Hall–Kier alpha value is -2.92. The van der Waals surface area contributed by atoms with Crippen LogP contribution in [0.25, 0.3) is 5.57 Å². The molecule has 0 bridgehead atoms. The molecule has 1 saturated carbocycles. The van der Waals surface area contributed by atoms with Crippen molar-refractivity contribution in [1.29, 1.82) is 0 Å². The summed E-state index contributed by atoms with van der Waals surface area (Å²) >= 11 is 0. The second kappa shape index (κ2) is 11.9. The Labute approximate surface area is 249 Å². The van der Waals surface area contributed by atoms with Gasteiger partial charge in [-0.3, -0.25) is 4.79 Å². The van der Waals surface area contributed by atoms with E-state index in [1.807, 2.05) is 4.90 Å². The fourth-order valence-electron chi connectivity index (χ4n) is 6.96. The van der Waals surface area contributed by atoms with Crippen LogP contribution in [0.15, 0.2) is 42.5 Å². The maximum Gasteiger partial charge on any atom is 0.395 e. The van der Waals surface area contributed by atoms with Crippen molar-refractivity contribution in [3.05, 3.63) is 48.1 Å². The summed E-state index contributed by atoms with van der Waals surface area (Å²) in [6, 6.07) is 6.77. The highest BCUT2D eigenvalue weighted by atomic mass is 19.4. The van der Waals surface area contributed by atoms with Gasteiger partial charge in [-0.2, -0.15) is 13.2 Å². The number of alkyl halides is 4. The highest BCUT2D eigenvalue weighted by Crippen LogP contribution is 2.53. The van der Waals surface area contributed by atoms with Gasteiger partial charge in [-0.1, -0.05) is 36.8 Å². The van der Waals surface area contributed by atoms with Crippen LogP contribution in [-0.4, -0.2) is 90.2 Å². The van der Waals surface area contributed by atoms with Gasteiger partial charge >= 0.3 is 12.1 Å². The Morgan fingerprint density at radius 2 is 1.79 bits per heavy atom. The number of carbonyl (C=O) groups is 2. The van der Waals surface area contributed by atoms with Gasteiger partial charge in [-0.25, -0.2) is 9.18 Å². The average Bonchev–Trinajstić information content (AvgIpc) is 3.28. The molecule has 1 unspecified atom stereocenters. The first-order valence-electron chi connectivity index (χ1n) is 15.0. The molecule has 3 atom stereocenters. The van der Waals surface area contributed by atoms with E-state index >= 15 is 4.39 Å². The van der Waals surface area contributed by atoms with Crippen LogP contribution in [-0.2, 0) is 14.3 Å². The van der Waals surface area contributed by atoms with Crippen LogP contribution in [0.4, 0.5) is 17.6 Å². The van der Waals surface area contributed by atoms with Crippen molar-refractivity contribution in [1.82, 2.24) is 9.80 Å². The van der Waals surface area contributed by atoms with E-state index in [0.29, 0.717) is 37.4 Å². The number of carbonyl (C=O) groups excluding carboxylic acids is 2. The summed E-state index contributed by atoms with van der Waals surface area (Å²) in [4.78, 5) is 29.2. The number of likely N-dealkylation sites (tertiary alicyclic amines) is 2. The summed E-state index contributed by atoms with van der Waals surface area (Å²) in [5.41, 5.74) is -4.85. The average molecular weight is 609 g/mol. The zero-order valence-corrected chi connectivity index (χ0v) is 24.7. The molecule has 2 aliphatic carbocycles. The maximum absolute atomic E-state index is 16.7. The number of rotatable bonds is 8. The van der Waals surface area contributed by atoms with Gasteiger partial charge in [0.05, 0.1) is 25.2 Å². The summed E-state index contributed by atoms with van der Waals surface area (Å²) in [5.74, 6) is -0.826. The third-order valence-corrected chi connectivity index (χ3v) is 9.85. The Morgan fingerprint density at radius 1 is 1.12 bits per heavy atom. The number of methoxy groups -OCH3 is 1. The quantitative estimate of drug-likeness (QED) is 0.328. The molecule has 1 amide bonds. The van der Waals surface area contributed by atoms with Gasteiger partial charge < -0.3 is 24.4 Å². The zero-order valence-electron chi connectivity index (χ0n) is 24.7.